The smallest absolute Gasteiger partial charge is 0.140 e. The van der Waals surface area contributed by atoms with Crippen molar-refractivity contribution in [1.82, 2.24) is 14.5 Å². The molecule has 0 atom stereocenters. The molecule has 0 aliphatic heterocycles. The predicted octanol–water partition coefficient (Wildman–Crippen LogP) is 2.17. The Labute approximate surface area is 111 Å². The zero-order valence-corrected chi connectivity index (χ0v) is 10.5. The van der Waals surface area contributed by atoms with Crippen molar-refractivity contribution >= 4 is 11.0 Å². The lowest BCUT2D eigenvalue weighted by Crippen LogP contribution is -2.02. The average molecular weight is 253 g/mol. The van der Waals surface area contributed by atoms with Crippen molar-refractivity contribution in [3.05, 3.63) is 60.2 Å². The van der Waals surface area contributed by atoms with Crippen molar-refractivity contribution in [2.75, 3.05) is 0 Å². The molecule has 3 rings (SSSR count). The molecule has 19 heavy (non-hydrogen) atoms. The van der Waals surface area contributed by atoms with Gasteiger partial charge in [-0.3, -0.25) is 4.98 Å². The van der Waals surface area contributed by atoms with E-state index in [9.17, 15) is 5.11 Å². The Morgan fingerprint density at radius 3 is 2.74 bits per heavy atom. The van der Waals surface area contributed by atoms with E-state index in [0.29, 0.717) is 0 Å². The third-order valence-electron chi connectivity index (χ3n) is 3.22. The van der Waals surface area contributed by atoms with Gasteiger partial charge in [-0.2, -0.15) is 0 Å². The van der Waals surface area contributed by atoms with Crippen molar-refractivity contribution in [3.63, 3.8) is 0 Å². The second-order valence-electron chi connectivity index (χ2n) is 4.45. The van der Waals surface area contributed by atoms with Crippen LogP contribution in [0.15, 0.2) is 48.9 Å². The summed E-state index contributed by atoms with van der Waals surface area (Å²) in [4.78, 5) is 8.71. The molecule has 1 N–H and O–H groups in total. The van der Waals surface area contributed by atoms with Crippen LogP contribution in [0.4, 0.5) is 0 Å². The zero-order valence-electron chi connectivity index (χ0n) is 10.5. The highest BCUT2D eigenvalue weighted by Gasteiger charge is 2.08. The summed E-state index contributed by atoms with van der Waals surface area (Å²) in [5.41, 5.74) is 2.90. The monoisotopic (exact) mass is 253 g/mol. The van der Waals surface area contributed by atoms with Crippen molar-refractivity contribution in [3.8, 4) is 0 Å². The SMILES string of the molecule is OCc1cn(CCc2ccccn2)c2ncccc12. The lowest BCUT2D eigenvalue weighted by atomic mass is 10.2. The second-order valence-corrected chi connectivity index (χ2v) is 4.45. The molecule has 0 amide bonds. The van der Waals surface area contributed by atoms with Crippen molar-refractivity contribution < 1.29 is 5.11 Å². The third-order valence-corrected chi connectivity index (χ3v) is 3.22. The number of hydrogen-bond donors (Lipinski definition) is 1. The van der Waals surface area contributed by atoms with E-state index >= 15 is 0 Å². The first-order valence-electron chi connectivity index (χ1n) is 6.32. The van der Waals surface area contributed by atoms with E-state index in [0.717, 1.165) is 35.3 Å². The Balaban J connectivity index is 1.89. The fourth-order valence-electron chi connectivity index (χ4n) is 2.27. The minimum Gasteiger partial charge on any atom is -0.392 e. The van der Waals surface area contributed by atoms with Crippen LogP contribution in [-0.4, -0.2) is 19.6 Å². The van der Waals surface area contributed by atoms with E-state index in [-0.39, 0.29) is 6.61 Å². The second kappa shape index (κ2) is 5.20. The number of fused-ring (bicyclic) bond motifs is 1. The van der Waals surface area contributed by atoms with Crippen LogP contribution in [0.1, 0.15) is 11.3 Å². The molecule has 0 radical (unpaired) electrons. The van der Waals surface area contributed by atoms with E-state index in [4.69, 9.17) is 0 Å². The van der Waals surface area contributed by atoms with Gasteiger partial charge in [-0.25, -0.2) is 4.98 Å². The summed E-state index contributed by atoms with van der Waals surface area (Å²) < 4.78 is 2.08. The number of aryl methyl sites for hydroxylation is 2. The Morgan fingerprint density at radius 1 is 1.05 bits per heavy atom. The Morgan fingerprint density at radius 2 is 1.95 bits per heavy atom. The number of pyridine rings is 2. The van der Waals surface area contributed by atoms with Gasteiger partial charge < -0.3 is 9.67 Å². The molecule has 3 aromatic rings. The Bertz CT molecular complexity index is 676. The first kappa shape index (κ1) is 11.9. The first-order valence-corrected chi connectivity index (χ1v) is 6.32. The fraction of sp³-hybridized carbons (Fsp3) is 0.200. The summed E-state index contributed by atoms with van der Waals surface area (Å²) in [6, 6.07) is 9.81. The molecule has 0 bridgehead atoms. The highest BCUT2D eigenvalue weighted by molar-refractivity contribution is 5.80. The van der Waals surface area contributed by atoms with Gasteiger partial charge in [-0.1, -0.05) is 6.07 Å². The van der Waals surface area contributed by atoms with Crippen LogP contribution in [-0.2, 0) is 19.6 Å². The molecule has 0 saturated carbocycles. The zero-order chi connectivity index (χ0) is 13.1. The van der Waals surface area contributed by atoms with E-state index in [1.54, 1.807) is 12.4 Å². The standard InChI is InChI=1S/C15H15N3O/c19-11-12-10-18(15-14(12)5-3-8-17-15)9-6-13-4-1-2-7-16-13/h1-5,7-8,10,19H,6,9,11H2. The summed E-state index contributed by atoms with van der Waals surface area (Å²) in [6.07, 6.45) is 6.41. The quantitative estimate of drug-likeness (QED) is 0.775. The highest BCUT2D eigenvalue weighted by Crippen LogP contribution is 2.19. The normalized spacial score (nSPS) is 11.0. The molecule has 0 unspecified atom stereocenters. The van der Waals surface area contributed by atoms with Crippen LogP contribution in [0.25, 0.3) is 11.0 Å². The number of nitrogens with zero attached hydrogens (tertiary/aromatic N) is 3. The average Bonchev–Trinajstić information content (AvgIpc) is 2.84. The van der Waals surface area contributed by atoms with E-state index < -0.39 is 0 Å². The van der Waals surface area contributed by atoms with Gasteiger partial charge in [0.25, 0.3) is 0 Å². The molecule has 0 spiro atoms. The number of aliphatic hydroxyl groups excluding tert-OH is 1. The molecule has 0 aliphatic carbocycles. The molecule has 4 heteroatoms. The molecular weight excluding hydrogens is 238 g/mol. The third kappa shape index (κ3) is 2.35. The topological polar surface area (TPSA) is 50.9 Å². The molecule has 96 valence electrons. The minimum absolute atomic E-state index is 0.0405. The summed E-state index contributed by atoms with van der Waals surface area (Å²) in [6.45, 7) is 0.851. The maximum atomic E-state index is 9.38. The fourth-order valence-corrected chi connectivity index (χ4v) is 2.27. The van der Waals surface area contributed by atoms with Crippen LogP contribution in [0.5, 0.6) is 0 Å². The van der Waals surface area contributed by atoms with Crippen molar-refractivity contribution in [1.29, 1.82) is 0 Å². The van der Waals surface area contributed by atoms with Crippen molar-refractivity contribution in [2.24, 2.45) is 0 Å². The number of aliphatic hydroxyl groups is 1. The van der Waals surface area contributed by atoms with Crippen LogP contribution < -0.4 is 0 Å². The first-order chi connectivity index (χ1) is 9.38. The maximum absolute atomic E-state index is 9.38. The van der Waals surface area contributed by atoms with Gasteiger partial charge in [0.2, 0.25) is 0 Å². The van der Waals surface area contributed by atoms with Gasteiger partial charge in [-0.15, -0.1) is 0 Å². The van der Waals surface area contributed by atoms with Crippen LogP contribution in [0.2, 0.25) is 0 Å². The predicted molar refractivity (Wildman–Crippen MR) is 73.6 cm³/mol. The Hall–Kier alpha value is -2.20. The van der Waals surface area contributed by atoms with Gasteiger partial charge >= 0.3 is 0 Å². The lowest BCUT2D eigenvalue weighted by Gasteiger charge is -2.03. The van der Waals surface area contributed by atoms with Gasteiger partial charge in [0.1, 0.15) is 5.65 Å². The van der Waals surface area contributed by atoms with E-state index in [1.807, 2.05) is 36.5 Å². The largest absolute Gasteiger partial charge is 0.392 e. The molecule has 0 fully saturated rings. The maximum Gasteiger partial charge on any atom is 0.140 e. The number of aromatic nitrogens is 3. The van der Waals surface area contributed by atoms with E-state index in [1.165, 1.54) is 0 Å². The number of hydrogen-bond acceptors (Lipinski definition) is 3. The molecule has 0 aliphatic rings. The van der Waals surface area contributed by atoms with Gasteiger partial charge in [0.05, 0.1) is 6.61 Å². The molecule has 0 aromatic carbocycles. The minimum atomic E-state index is 0.0405. The highest BCUT2D eigenvalue weighted by atomic mass is 16.3. The lowest BCUT2D eigenvalue weighted by molar-refractivity contribution is 0.283. The van der Waals surface area contributed by atoms with Gasteiger partial charge in [0, 0.05) is 48.2 Å². The van der Waals surface area contributed by atoms with Gasteiger partial charge in [0.15, 0.2) is 0 Å². The summed E-state index contributed by atoms with van der Waals surface area (Å²) in [5.74, 6) is 0. The van der Waals surface area contributed by atoms with E-state index in [2.05, 4.69) is 14.5 Å². The Kier molecular flexibility index (Phi) is 3.25. The van der Waals surface area contributed by atoms with Gasteiger partial charge in [-0.05, 0) is 24.3 Å². The summed E-state index contributed by atoms with van der Waals surface area (Å²) in [7, 11) is 0. The van der Waals surface area contributed by atoms with Crippen LogP contribution in [0.3, 0.4) is 0 Å². The summed E-state index contributed by atoms with van der Waals surface area (Å²) in [5, 5.41) is 10.4. The molecule has 3 heterocycles. The van der Waals surface area contributed by atoms with Crippen LogP contribution in [0, 0.1) is 0 Å². The molecule has 4 nitrogen and oxygen atoms in total. The number of rotatable bonds is 4. The molecule has 3 aromatic heterocycles. The molecular formula is C15H15N3O. The summed E-state index contributed by atoms with van der Waals surface area (Å²) >= 11 is 0. The van der Waals surface area contributed by atoms with Crippen LogP contribution >= 0.6 is 0 Å². The van der Waals surface area contributed by atoms with Crippen molar-refractivity contribution in [2.45, 2.75) is 19.6 Å². The molecule has 0 saturated heterocycles.